The summed E-state index contributed by atoms with van der Waals surface area (Å²) in [4.78, 5) is 2.40. The van der Waals surface area contributed by atoms with E-state index >= 15 is 0 Å². The van der Waals surface area contributed by atoms with Crippen LogP contribution >= 0.6 is 0 Å². The van der Waals surface area contributed by atoms with E-state index in [-0.39, 0.29) is 10.8 Å². The molecule has 0 fully saturated rings. The van der Waals surface area contributed by atoms with Gasteiger partial charge in [0.05, 0.1) is 5.69 Å². The molecule has 0 amide bonds. The average molecular weight is 782 g/mol. The lowest BCUT2D eigenvalue weighted by Crippen LogP contribution is -2.22. The molecule has 1 aromatic heterocycles. The lowest BCUT2D eigenvalue weighted by molar-refractivity contribution is 0.662. The second kappa shape index (κ2) is 13.3. The number of fused-ring (bicyclic) bond motifs is 9. The molecule has 0 bridgehead atoms. The molecular formula is C59H43NO. The van der Waals surface area contributed by atoms with Crippen LogP contribution in [0.3, 0.4) is 0 Å². The number of para-hydroxylation sites is 2. The number of anilines is 3. The van der Waals surface area contributed by atoms with E-state index in [9.17, 15) is 0 Å². The monoisotopic (exact) mass is 781 g/mol. The SMILES string of the molecule is CC1(C)c2ccccc2-c2cccc(-c3ccc(N(c4ccc5c(c4)C(C)(c4ccccc4)c4ccccc4-5)c4cccc5c4oc4c(-c6ccccc6)cccc45)cc3)c21. The first kappa shape index (κ1) is 35.5. The molecule has 12 rings (SSSR count). The van der Waals surface area contributed by atoms with Gasteiger partial charge in [0, 0.05) is 38.5 Å². The Morgan fingerprint density at radius 3 is 1.69 bits per heavy atom. The summed E-state index contributed by atoms with van der Waals surface area (Å²) in [5.74, 6) is 0. The fourth-order valence-corrected chi connectivity index (χ4v) is 10.8. The van der Waals surface area contributed by atoms with Gasteiger partial charge in [-0.15, -0.1) is 0 Å². The van der Waals surface area contributed by atoms with Crippen molar-refractivity contribution in [3.63, 3.8) is 0 Å². The summed E-state index contributed by atoms with van der Waals surface area (Å²) in [7, 11) is 0. The van der Waals surface area contributed by atoms with E-state index in [1.54, 1.807) is 0 Å². The topological polar surface area (TPSA) is 16.4 Å². The molecule has 0 spiro atoms. The van der Waals surface area contributed by atoms with Crippen LogP contribution in [0.2, 0.25) is 0 Å². The molecule has 0 saturated carbocycles. The highest BCUT2D eigenvalue weighted by atomic mass is 16.3. The Morgan fingerprint density at radius 2 is 0.918 bits per heavy atom. The van der Waals surface area contributed by atoms with Crippen molar-refractivity contribution in [3.05, 3.63) is 234 Å². The molecule has 290 valence electrons. The lowest BCUT2D eigenvalue weighted by Gasteiger charge is -2.31. The van der Waals surface area contributed by atoms with Gasteiger partial charge in [0.1, 0.15) is 5.58 Å². The third-order valence-electron chi connectivity index (χ3n) is 13.8. The predicted molar refractivity (Wildman–Crippen MR) is 254 cm³/mol. The number of furan rings is 1. The minimum absolute atomic E-state index is 0.115. The second-order valence-corrected chi connectivity index (χ2v) is 17.4. The lowest BCUT2D eigenvalue weighted by atomic mass is 9.74. The summed E-state index contributed by atoms with van der Waals surface area (Å²) in [5.41, 5.74) is 21.1. The first-order valence-corrected chi connectivity index (χ1v) is 21.3. The Hall–Kier alpha value is -7.42. The van der Waals surface area contributed by atoms with Crippen LogP contribution in [0.1, 0.15) is 48.6 Å². The Kier molecular flexibility index (Phi) is 7.74. The van der Waals surface area contributed by atoms with Crippen LogP contribution in [0, 0.1) is 0 Å². The molecule has 1 heterocycles. The van der Waals surface area contributed by atoms with Crippen molar-refractivity contribution in [2.24, 2.45) is 0 Å². The summed E-state index contributed by atoms with van der Waals surface area (Å²) >= 11 is 0. The molecule has 1 atom stereocenters. The fourth-order valence-electron chi connectivity index (χ4n) is 10.8. The first-order chi connectivity index (χ1) is 29.9. The van der Waals surface area contributed by atoms with E-state index in [1.165, 1.54) is 61.2 Å². The van der Waals surface area contributed by atoms with Crippen molar-refractivity contribution in [1.82, 2.24) is 0 Å². The first-order valence-electron chi connectivity index (χ1n) is 21.3. The molecule has 2 aliphatic carbocycles. The van der Waals surface area contributed by atoms with Gasteiger partial charge in [-0.05, 0) is 104 Å². The molecular weight excluding hydrogens is 739 g/mol. The van der Waals surface area contributed by atoms with Gasteiger partial charge < -0.3 is 9.32 Å². The third kappa shape index (κ3) is 5.15. The number of hydrogen-bond donors (Lipinski definition) is 0. The largest absolute Gasteiger partial charge is 0.453 e. The van der Waals surface area contributed by atoms with Gasteiger partial charge in [0.2, 0.25) is 0 Å². The summed E-state index contributed by atoms with van der Waals surface area (Å²) in [6, 6.07) is 75.5. The summed E-state index contributed by atoms with van der Waals surface area (Å²) in [6.45, 7) is 7.12. The standard InChI is InChI=1S/C59H43NO/c1-58(2)51-28-12-10-22-46(51)48-25-14-23-43(55(48)58)39-31-33-41(34-32-39)60(54-30-16-27-50-49-26-15-24-44(56(49)61-57(50)54)38-17-6-4-7-18-38)42-35-36-47-45-21-11-13-29-52(45)59(3,53(47)37-42)40-19-8-5-9-20-40/h4-37H,1-3H3. The highest BCUT2D eigenvalue weighted by Crippen LogP contribution is 2.55. The minimum Gasteiger partial charge on any atom is -0.453 e. The van der Waals surface area contributed by atoms with Gasteiger partial charge in [0.25, 0.3) is 0 Å². The average Bonchev–Trinajstić information content (AvgIpc) is 3.91. The highest BCUT2D eigenvalue weighted by molar-refractivity contribution is 6.13. The van der Waals surface area contributed by atoms with E-state index < -0.39 is 0 Å². The quantitative estimate of drug-likeness (QED) is 0.167. The van der Waals surface area contributed by atoms with E-state index in [1.807, 2.05) is 0 Å². The molecule has 9 aromatic carbocycles. The van der Waals surface area contributed by atoms with Crippen molar-refractivity contribution in [1.29, 1.82) is 0 Å². The molecule has 2 nitrogen and oxygen atoms in total. The predicted octanol–water partition coefficient (Wildman–Crippen LogP) is 16.0. The van der Waals surface area contributed by atoms with E-state index in [2.05, 4.69) is 232 Å². The third-order valence-corrected chi connectivity index (χ3v) is 13.8. The van der Waals surface area contributed by atoms with E-state index in [4.69, 9.17) is 4.42 Å². The zero-order valence-electron chi connectivity index (χ0n) is 34.5. The summed E-state index contributed by atoms with van der Waals surface area (Å²) in [5, 5.41) is 2.20. The zero-order chi connectivity index (χ0) is 40.9. The van der Waals surface area contributed by atoms with Crippen molar-refractivity contribution in [2.45, 2.75) is 31.6 Å². The summed E-state index contributed by atoms with van der Waals surface area (Å²) in [6.07, 6.45) is 0. The van der Waals surface area contributed by atoms with Gasteiger partial charge >= 0.3 is 0 Å². The van der Waals surface area contributed by atoms with Crippen LogP contribution in [-0.2, 0) is 10.8 Å². The second-order valence-electron chi connectivity index (χ2n) is 17.4. The summed E-state index contributed by atoms with van der Waals surface area (Å²) < 4.78 is 7.10. The normalized spacial score (nSPS) is 15.7. The molecule has 61 heavy (non-hydrogen) atoms. The Bertz CT molecular complexity index is 3340. The molecule has 0 saturated heterocycles. The maximum Gasteiger partial charge on any atom is 0.159 e. The van der Waals surface area contributed by atoms with Crippen molar-refractivity contribution in [2.75, 3.05) is 4.90 Å². The maximum atomic E-state index is 7.10. The van der Waals surface area contributed by atoms with Gasteiger partial charge in [-0.25, -0.2) is 0 Å². The Morgan fingerprint density at radius 1 is 0.377 bits per heavy atom. The van der Waals surface area contributed by atoms with E-state index in [0.717, 1.165) is 50.1 Å². The van der Waals surface area contributed by atoms with Gasteiger partial charge in [-0.2, -0.15) is 0 Å². The van der Waals surface area contributed by atoms with Crippen LogP contribution in [-0.4, -0.2) is 0 Å². The molecule has 10 aromatic rings. The molecule has 0 aliphatic heterocycles. The highest BCUT2D eigenvalue weighted by Gasteiger charge is 2.41. The number of hydrogen-bond acceptors (Lipinski definition) is 2. The Balaban J connectivity index is 1.07. The Labute approximate surface area is 357 Å². The van der Waals surface area contributed by atoms with Crippen LogP contribution in [0.15, 0.2) is 211 Å². The number of nitrogens with zero attached hydrogens (tertiary/aromatic N) is 1. The van der Waals surface area contributed by atoms with E-state index in [0.29, 0.717) is 0 Å². The fraction of sp³-hybridized carbons (Fsp3) is 0.0847. The van der Waals surface area contributed by atoms with Gasteiger partial charge in [0.15, 0.2) is 5.58 Å². The molecule has 0 N–H and O–H groups in total. The molecule has 1 unspecified atom stereocenters. The van der Waals surface area contributed by atoms with Crippen molar-refractivity contribution in [3.8, 4) is 44.5 Å². The van der Waals surface area contributed by atoms with Gasteiger partial charge in [-0.3, -0.25) is 0 Å². The van der Waals surface area contributed by atoms with Crippen LogP contribution in [0.4, 0.5) is 17.1 Å². The van der Waals surface area contributed by atoms with Crippen LogP contribution < -0.4 is 4.90 Å². The smallest absolute Gasteiger partial charge is 0.159 e. The number of benzene rings is 9. The van der Waals surface area contributed by atoms with Crippen LogP contribution in [0.5, 0.6) is 0 Å². The maximum absolute atomic E-state index is 7.10. The number of rotatable bonds is 6. The molecule has 0 radical (unpaired) electrons. The van der Waals surface area contributed by atoms with Gasteiger partial charge in [-0.1, -0.05) is 190 Å². The zero-order valence-corrected chi connectivity index (χ0v) is 34.5. The minimum atomic E-state index is -0.341. The van der Waals surface area contributed by atoms with Crippen LogP contribution in [0.25, 0.3) is 66.4 Å². The molecule has 2 heteroatoms. The van der Waals surface area contributed by atoms with Crippen molar-refractivity contribution >= 4 is 39.0 Å². The van der Waals surface area contributed by atoms with Crippen molar-refractivity contribution < 1.29 is 4.42 Å². The molecule has 2 aliphatic rings.